The van der Waals surface area contributed by atoms with Crippen LogP contribution in [0.3, 0.4) is 0 Å². The molecule has 1 aromatic carbocycles. The van der Waals surface area contributed by atoms with Crippen molar-refractivity contribution >= 4 is 11.6 Å². The van der Waals surface area contributed by atoms with Gasteiger partial charge in [0.25, 0.3) is 11.6 Å². The maximum absolute atomic E-state index is 12.9. The molecule has 0 aromatic heterocycles. The lowest BCUT2D eigenvalue weighted by molar-refractivity contribution is -0.385. The molecule has 0 heterocycles. The summed E-state index contributed by atoms with van der Waals surface area (Å²) in [6, 6.07) is 5.46. The van der Waals surface area contributed by atoms with Crippen molar-refractivity contribution in [3.63, 3.8) is 0 Å². The van der Waals surface area contributed by atoms with Gasteiger partial charge in [0, 0.05) is 29.3 Å². The summed E-state index contributed by atoms with van der Waals surface area (Å²) in [4.78, 5) is 25.6. The molecule has 112 valence electrons. The molecule has 0 unspecified atom stereocenters. The third-order valence-corrected chi connectivity index (χ3v) is 4.63. The largest absolute Gasteiger partial charge is 0.333 e. The molecular weight excluding hydrogens is 268 g/mol. The summed E-state index contributed by atoms with van der Waals surface area (Å²) in [5, 5.41) is 11.0. The fourth-order valence-electron chi connectivity index (χ4n) is 3.36. The molecule has 5 heteroatoms. The van der Waals surface area contributed by atoms with Gasteiger partial charge in [0.05, 0.1) is 4.92 Å². The normalized spacial score (nSPS) is 18.7. The Morgan fingerprint density at radius 3 is 2.38 bits per heavy atom. The van der Waals surface area contributed by atoms with E-state index in [1.807, 2.05) is 4.90 Å². The van der Waals surface area contributed by atoms with Crippen molar-refractivity contribution in [2.24, 2.45) is 0 Å². The molecule has 0 saturated heterocycles. The number of nitro benzene ring substituents is 1. The summed E-state index contributed by atoms with van der Waals surface area (Å²) in [6.07, 6.45) is 6.61. The van der Waals surface area contributed by atoms with Crippen molar-refractivity contribution in [1.29, 1.82) is 0 Å². The summed E-state index contributed by atoms with van der Waals surface area (Å²) < 4.78 is 0. The highest BCUT2D eigenvalue weighted by Crippen LogP contribution is 2.36. The standard InChI is InChI=1S/C16H20N2O3/c1-11-14(7-4-8-15(11)18(20)21)16(19)17(13-9-10-13)12-5-2-3-6-12/h4,7-8,12-13H,2-3,5-6,9-10H2,1H3. The molecule has 0 radical (unpaired) electrons. The van der Waals surface area contributed by atoms with Gasteiger partial charge in [0.2, 0.25) is 0 Å². The minimum atomic E-state index is -0.414. The molecule has 2 aliphatic rings. The molecule has 5 nitrogen and oxygen atoms in total. The van der Waals surface area contributed by atoms with Crippen LogP contribution in [0.2, 0.25) is 0 Å². The summed E-state index contributed by atoms with van der Waals surface area (Å²) >= 11 is 0. The van der Waals surface area contributed by atoms with Gasteiger partial charge < -0.3 is 4.90 Å². The first-order valence-electron chi connectivity index (χ1n) is 7.66. The Bertz CT molecular complexity index is 575. The Hall–Kier alpha value is -1.91. The second kappa shape index (κ2) is 5.47. The monoisotopic (exact) mass is 288 g/mol. The average Bonchev–Trinajstić information content (AvgIpc) is 3.13. The zero-order chi connectivity index (χ0) is 15.0. The van der Waals surface area contributed by atoms with Crippen molar-refractivity contribution in [3.05, 3.63) is 39.4 Å². The molecule has 2 saturated carbocycles. The van der Waals surface area contributed by atoms with Crippen molar-refractivity contribution in [2.45, 2.75) is 57.5 Å². The zero-order valence-corrected chi connectivity index (χ0v) is 12.2. The topological polar surface area (TPSA) is 63.5 Å². The highest BCUT2D eigenvalue weighted by Gasteiger charge is 2.39. The number of rotatable bonds is 4. The van der Waals surface area contributed by atoms with Crippen LogP contribution in [0, 0.1) is 17.0 Å². The SMILES string of the molecule is Cc1c(C(=O)N(C2CCCC2)C2CC2)cccc1[N+](=O)[O-]. The molecule has 3 rings (SSSR count). The summed E-state index contributed by atoms with van der Waals surface area (Å²) in [6.45, 7) is 1.67. The van der Waals surface area contributed by atoms with Gasteiger partial charge in [-0.15, -0.1) is 0 Å². The van der Waals surface area contributed by atoms with E-state index in [9.17, 15) is 14.9 Å². The molecule has 0 bridgehead atoms. The lowest BCUT2D eigenvalue weighted by atomic mass is 10.0. The van der Waals surface area contributed by atoms with Gasteiger partial charge in [-0.25, -0.2) is 0 Å². The Morgan fingerprint density at radius 1 is 1.19 bits per heavy atom. The third-order valence-electron chi connectivity index (χ3n) is 4.63. The molecular formula is C16H20N2O3. The van der Waals surface area contributed by atoms with Gasteiger partial charge in [0.15, 0.2) is 0 Å². The first-order chi connectivity index (χ1) is 10.1. The van der Waals surface area contributed by atoms with Gasteiger partial charge in [-0.1, -0.05) is 18.9 Å². The highest BCUT2D eigenvalue weighted by atomic mass is 16.6. The summed E-state index contributed by atoms with van der Waals surface area (Å²) in [5.74, 6) is -0.0226. The molecule has 1 amide bonds. The van der Waals surface area contributed by atoms with Crippen LogP contribution in [0.5, 0.6) is 0 Å². The second-order valence-corrected chi connectivity index (χ2v) is 6.09. The van der Waals surface area contributed by atoms with E-state index in [0.29, 0.717) is 23.2 Å². The van der Waals surface area contributed by atoms with E-state index in [1.54, 1.807) is 19.1 Å². The molecule has 2 fully saturated rings. The molecule has 0 spiro atoms. The molecule has 2 aliphatic carbocycles. The Kier molecular flexibility index (Phi) is 3.66. The minimum absolute atomic E-state index is 0.0226. The number of carbonyl (C=O) groups is 1. The van der Waals surface area contributed by atoms with E-state index < -0.39 is 4.92 Å². The van der Waals surface area contributed by atoms with Crippen molar-refractivity contribution in [3.8, 4) is 0 Å². The van der Waals surface area contributed by atoms with Crippen LogP contribution in [0.1, 0.15) is 54.4 Å². The maximum atomic E-state index is 12.9. The van der Waals surface area contributed by atoms with E-state index in [0.717, 1.165) is 25.7 Å². The summed E-state index contributed by atoms with van der Waals surface area (Å²) in [7, 11) is 0. The molecule has 0 N–H and O–H groups in total. The van der Waals surface area contributed by atoms with Crippen LogP contribution in [0.15, 0.2) is 18.2 Å². The Labute approximate surface area is 124 Å². The quantitative estimate of drug-likeness (QED) is 0.629. The summed E-state index contributed by atoms with van der Waals surface area (Å²) in [5.41, 5.74) is 1.00. The average molecular weight is 288 g/mol. The second-order valence-electron chi connectivity index (χ2n) is 6.09. The number of benzene rings is 1. The van der Waals surface area contributed by atoms with E-state index >= 15 is 0 Å². The molecule has 1 aromatic rings. The lowest BCUT2D eigenvalue weighted by Gasteiger charge is -2.29. The molecule has 0 aliphatic heterocycles. The van der Waals surface area contributed by atoms with Gasteiger partial charge in [-0.05, 0) is 38.7 Å². The van der Waals surface area contributed by atoms with Crippen LogP contribution >= 0.6 is 0 Å². The number of nitro groups is 1. The van der Waals surface area contributed by atoms with E-state index in [1.165, 1.54) is 18.9 Å². The minimum Gasteiger partial charge on any atom is -0.333 e. The Balaban J connectivity index is 1.92. The van der Waals surface area contributed by atoms with Crippen LogP contribution in [0.4, 0.5) is 5.69 Å². The predicted molar refractivity (Wildman–Crippen MR) is 79.3 cm³/mol. The number of hydrogen-bond donors (Lipinski definition) is 0. The maximum Gasteiger partial charge on any atom is 0.273 e. The molecule has 21 heavy (non-hydrogen) atoms. The van der Waals surface area contributed by atoms with E-state index in [-0.39, 0.29) is 11.6 Å². The number of amides is 1. The molecule has 0 atom stereocenters. The Morgan fingerprint density at radius 2 is 1.81 bits per heavy atom. The first kappa shape index (κ1) is 14.0. The van der Waals surface area contributed by atoms with Crippen LogP contribution in [-0.4, -0.2) is 27.8 Å². The lowest BCUT2D eigenvalue weighted by Crippen LogP contribution is -2.40. The van der Waals surface area contributed by atoms with Crippen LogP contribution < -0.4 is 0 Å². The van der Waals surface area contributed by atoms with Crippen molar-refractivity contribution < 1.29 is 9.72 Å². The van der Waals surface area contributed by atoms with Gasteiger partial charge in [0.1, 0.15) is 0 Å². The number of carbonyl (C=O) groups excluding carboxylic acids is 1. The predicted octanol–water partition coefficient (Wildman–Crippen LogP) is 3.45. The van der Waals surface area contributed by atoms with Gasteiger partial charge >= 0.3 is 0 Å². The van der Waals surface area contributed by atoms with Crippen molar-refractivity contribution in [1.82, 2.24) is 4.90 Å². The van der Waals surface area contributed by atoms with Crippen LogP contribution in [-0.2, 0) is 0 Å². The van der Waals surface area contributed by atoms with Gasteiger partial charge in [-0.2, -0.15) is 0 Å². The fraction of sp³-hybridized carbons (Fsp3) is 0.562. The van der Waals surface area contributed by atoms with E-state index in [2.05, 4.69) is 0 Å². The van der Waals surface area contributed by atoms with Crippen LogP contribution in [0.25, 0.3) is 0 Å². The van der Waals surface area contributed by atoms with E-state index in [4.69, 9.17) is 0 Å². The third kappa shape index (κ3) is 2.64. The number of hydrogen-bond acceptors (Lipinski definition) is 3. The van der Waals surface area contributed by atoms with Gasteiger partial charge in [-0.3, -0.25) is 14.9 Å². The smallest absolute Gasteiger partial charge is 0.273 e. The first-order valence-corrected chi connectivity index (χ1v) is 7.66. The zero-order valence-electron chi connectivity index (χ0n) is 12.2. The van der Waals surface area contributed by atoms with Crippen molar-refractivity contribution in [2.75, 3.05) is 0 Å². The fourth-order valence-corrected chi connectivity index (χ4v) is 3.36. The highest BCUT2D eigenvalue weighted by molar-refractivity contribution is 5.97. The number of nitrogens with zero attached hydrogens (tertiary/aromatic N) is 2.